The molecule has 0 saturated heterocycles. The molecule has 184 valence electrons. The Morgan fingerprint density at radius 2 is 1.54 bits per heavy atom. The van der Waals surface area contributed by atoms with Crippen molar-refractivity contribution in [2.45, 2.75) is 31.7 Å². The second-order valence-electron chi connectivity index (χ2n) is 9.43. The lowest BCUT2D eigenvalue weighted by molar-refractivity contribution is 0.415. The van der Waals surface area contributed by atoms with Gasteiger partial charge in [-0.2, -0.15) is 0 Å². The van der Waals surface area contributed by atoms with E-state index >= 15 is 0 Å². The third kappa shape index (κ3) is 4.63. The van der Waals surface area contributed by atoms with Gasteiger partial charge in [-0.1, -0.05) is 84.1 Å². The minimum absolute atomic E-state index is 0.0119. The number of aromatic nitrogens is 1. The fourth-order valence-corrected chi connectivity index (χ4v) is 6.26. The van der Waals surface area contributed by atoms with E-state index in [-0.39, 0.29) is 11.6 Å². The van der Waals surface area contributed by atoms with Crippen LogP contribution in [-0.2, 0) is 0 Å². The predicted molar refractivity (Wildman–Crippen MR) is 150 cm³/mol. The monoisotopic (exact) mass is 504 g/mol. The molecule has 5 heteroatoms. The maximum Gasteiger partial charge on any atom is 0.271 e. The summed E-state index contributed by atoms with van der Waals surface area (Å²) in [6.45, 7) is 0. The van der Waals surface area contributed by atoms with E-state index in [4.69, 9.17) is 9.73 Å². The van der Waals surface area contributed by atoms with Gasteiger partial charge in [0.15, 0.2) is 4.80 Å². The van der Waals surface area contributed by atoms with Gasteiger partial charge in [0.25, 0.3) is 5.56 Å². The van der Waals surface area contributed by atoms with Crippen LogP contribution in [0.4, 0.5) is 0 Å². The quantitative estimate of drug-likeness (QED) is 0.348. The molecule has 0 bridgehead atoms. The number of ether oxygens (including phenoxy) is 1. The molecule has 0 spiro atoms. The normalized spacial score (nSPS) is 18.7. The van der Waals surface area contributed by atoms with Gasteiger partial charge in [0.05, 0.1) is 23.4 Å². The van der Waals surface area contributed by atoms with Crippen molar-refractivity contribution >= 4 is 23.5 Å². The first-order valence-electron chi connectivity index (χ1n) is 12.7. The molecule has 6 rings (SSSR count). The minimum Gasteiger partial charge on any atom is -0.497 e. The number of fused-ring (bicyclic) bond motifs is 1. The largest absolute Gasteiger partial charge is 0.497 e. The molecular weight excluding hydrogens is 476 g/mol. The lowest BCUT2D eigenvalue weighted by Gasteiger charge is -2.26. The van der Waals surface area contributed by atoms with E-state index in [1.165, 1.54) is 28.0 Å². The smallest absolute Gasteiger partial charge is 0.271 e. The Labute approximate surface area is 220 Å². The fourth-order valence-electron chi connectivity index (χ4n) is 5.26. The number of rotatable bonds is 4. The molecule has 1 aliphatic heterocycles. The van der Waals surface area contributed by atoms with Crippen LogP contribution in [0.1, 0.15) is 48.4 Å². The average Bonchev–Trinajstić information content (AvgIpc) is 3.11. The highest BCUT2D eigenvalue weighted by atomic mass is 32.1. The van der Waals surface area contributed by atoms with Gasteiger partial charge in [-0.15, -0.1) is 0 Å². The first-order valence-corrected chi connectivity index (χ1v) is 13.5. The summed E-state index contributed by atoms with van der Waals surface area (Å²) < 4.78 is 7.89. The number of nitrogens with zero attached hydrogens (tertiary/aromatic N) is 2. The topological polar surface area (TPSA) is 43.6 Å². The molecule has 1 unspecified atom stereocenters. The van der Waals surface area contributed by atoms with Gasteiger partial charge < -0.3 is 4.74 Å². The van der Waals surface area contributed by atoms with Crippen molar-refractivity contribution in [3.05, 3.63) is 138 Å². The molecule has 0 N–H and O–H groups in total. The van der Waals surface area contributed by atoms with E-state index in [1.54, 1.807) is 7.11 Å². The number of benzene rings is 3. The Morgan fingerprint density at radius 3 is 2.27 bits per heavy atom. The average molecular weight is 505 g/mol. The first kappa shape index (κ1) is 23.4. The Balaban J connectivity index is 1.57. The van der Waals surface area contributed by atoms with Crippen LogP contribution < -0.4 is 19.6 Å². The molecule has 3 aromatic carbocycles. The standard InChI is InChI=1S/C32H28N2O2S/c1-36-26-18-16-23(17-19-26)21-28-31(35)34-30(24-12-6-3-7-13-24)27-15-9-8-14-25(29(27)33-32(34)37-28)20-22-10-4-2-5-11-22/h2-7,10-13,16-21,30H,8-9,14-15H2,1H3/b25-20-,28-21-. The summed E-state index contributed by atoms with van der Waals surface area (Å²) >= 11 is 1.47. The number of hydrogen-bond donors (Lipinski definition) is 0. The lowest BCUT2D eigenvalue weighted by Crippen LogP contribution is -2.38. The van der Waals surface area contributed by atoms with E-state index in [0.717, 1.165) is 53.1 Å². The molecular formula is C32H28N2O2S. The van der Waals surface area contributed by atoms with Crippen LogP contribution in [0.5, 0.6) is 5.75 Å². The van der Waals surface area contributed by atoms with Crippen LogP contribution in [0.2, 0.25) is 0 Å². The maximum absolute atomic E-state index is 13.9. The van der Waals surface area contributed by atoms with Gasteiger partial charge in [-0.05, 0) is 77.8 Å². The van der Waals surface area contributed by atoms with E-state index in [1.807, 2.05) is 47.0 Å². The Morgan fingerprint density at radius 1 is 0.865 bits per heavy atom. The summed E-state index contributed by atoms with van der Waals surface area (Å²) in [6, 6.07) is 28.5. The highest BCUT2D eigenvalue weighted by molar-refractivity contribution is 7.07. The zero-order valence-electron chi connectivity index (χ0n) is 20.8. The highest BCUT2D eigenvalue weighted by Gasteiger charge is 2.31. The van der Waals surface area contributed by atoms with Gasteiger partial charge in [0, 0.05) is 0 Å². The summed E-state index contributed by atoms with van der Waals surface area (Å²) in [6.07, 6.45) is 8.35. The predicted octanol–water partition coefficient (Wildman–Crippen LogP) is 5.88. The Kier molecular flexibility index (Phi) is 6.46. The van der Waals surface area contributed by atoms with E-state index in [9.17, 15) is 4.79 Å². The van der Waals surface area contributed by atoms with Crippen molar-refractivity contribution in [1.82, 2.24) is 4.57 Å². The summed E-state index contributed by atoms with van der Waals surface area (Å²) in [5, 5.41) is 0. The van der Waals surface area contributed by atoms with Gasteiger partial charge >= 0.3 is 0 Å². The maximum atomic E-state index is 13.9. The van der Waals surface area contributed by atoms with Crippen LogP contribution in [0.25, 0.3) is 12.2 Å². The van der Waals surface area contributed by atoms with Crippen LogP contribution in [0, 0.1) is 0 Å². The molecule has 37 heavy (non-hydrogen) atoms. The number of hydrogen-bond acceptors (Lipinski definition) is 4. The molecule has 4 nitrogen and oxygen atoms in total. The summed E-state index contributed by atoms with van der Waals surface area (Å²) in [5.41, 5.74) is 6.85. The molecule has 1 atom stereocenters. The van der Waals surface area contributed by atoms with Gasteiger partial charge in [-0.25, -0.2) is 4.99 Å². The first-order chi connectivity index (χ1) is 18.2. The lowest BCUT2D eigenvalue weighted by atomic mass is 9.91. The molecule has 2 aliphatic rings. The molecule has 0 amide bonds. The van der Waals surface area contributed by atoms with Crippen LogP contribution in [0.3, 0.4) is 0 Å². The zero-order valence-corrected chi connectivity index (χ0v) is 21.6. The SMILES string of the molecule is COc1ccc(/C=c2\sc3n(c2=O)C(c2ccccc2)C2=C(N=3)/C(=C\c3ccccc3)CCCC2)cc1. The van der Waals surface area contributed by atoms with E-state index in [2.05, 4.69) is 54.6 Å². The fraction of sp³-hybridized carbons (Fsp3) is 0.188. The Hall–Kier alpha value is -3.96. The van der Waals surface area contributed by atoms with Crippen molar-refractivity contribution in [2.75, 3.05) is 7.11 Å². The van der Waals surface area contributed by atoms with Crippen LogP contribution in [-0.4, -0.2) is 11.7 Å². The minimum atomic E-state index is -0.150. The number of allylic oxidation sites excluding steroid dienone is 2. The van der Waals surface area contributed by atoms with Crippen molar-refractivity contribution in [3.63, 3.8) is 0 Å². The summed E-state index contributed by atoms with van der Waals surface area (Å²) in [5.74, 6) is 0.796. The van der Waals surface area contributed by atoms with Gasteiger partial charge in [0.2, 0.25) is 0 Å². The molecule has 0 fully saturated rings. The van der Waals surface area contributed by atoms with Crippen LogP contribution >= 0.6 is 11.3 Å². The van der Waals surface area contributed by atoms with Crippen molar-refractivity contribution in [3.8, 4) is 5.75 Å². The molecule has 0 radical (unpaired) electrons. The summed E-state index contributed by atoms with van der Waals surface area (Å²) in [4.78, 5) is 19.8. The third-order valence-corrected chi connectivity index (χ3v) is 8.04. The summed E-state index contributed by atoms with van der Waals surface area (Å²) in [7, 11) is 1.65. The van der Waals surface area contributed by atoms with E-state index < -0.39 is 0 Å². The van der Waals surface area contributed by atoms with Gasteiger partial charge in [0.1, 0.15) is 5.75 Å². The molecule has 2 heterocycles. The second kappa shape index (κ2) is 10.2. The van der Waals surface area contributed by atoms with Gasteiger partial charge in [-0.3, -0.25) is 9.36 Å². The van der Waals surface area contributed by atoms with Crippen LogP contribution in [0.15, 0.2) is 112 Å². The molecule has 1 aromatic heterocycles. The second-order valence-corrected chi connectivity index (χ2v) is 10.4. The van der Waals surface area contributed by atoms with Crippen molar-refractivity contribution in [2.24, 2.45) is 4.99 Å². The van der Waals surface area contributed by atoms with E-state index in [0.29, 0.717) is 4.53 Å². The van der Waals surface area contributed by atoms with Crippen molar-refractivity contribution < 1.29 is 4.74 Å². The Bertz CT molecular complexity index is 1660. The zero-order chi connectivity index (χ0) is 25.2. The highest BCUT2D eigenvalue weighted by Crippen LogP contribution is 2.39. The number of methoxy groups -OCH3 is 1. The molecule has 0 saturated carbocycles. The molecule has 1 aliphatic carbocycles. The third-order valence-electron chi connectivity index (χ3n) is 7.05. The number of thiazole rings is 1. The van der Waals surface area contributed by atoms with Crippen molar-refractivity contribution in [1.29, 1.82) is 0 Å². The molecule has 4 aromatic rings.